The summed E-state index contributed by atoms with van der Waals surface area (Å²) in [6, 6.07) is 22.3. The van der Waals surface area contributed by atoms with Crippen LogP contribution in [-0.2, 0) is 13.0 Å². The van der Waals surface area contributed by atoms with Crippen LogP contribution < -0.4 is 0 Å². The van der Waals surface area contributed by atoms with Gasteiger partial charge in [-0.25, -0.2) is 0 Å². The zero-order chi connectivity index (χ0) is 16.4. The average Bonchev–Trinajstić information content (AvgIpc) is 2.51. The predicted molar refractivity (Wildman–Crippen MR) is 99.7 cm³/mol. The lowest BCUT2D eigenvalue weighted by Gasteiger charge is -2.25. The van der Waals surface area contributed by atoms with Crippen molar-refractivity contribution < 1.29 is 4.48 Å². The van der Waals surface area contributed by atoms with E-state index in [0.717, 1.165) is 17.4 Å². The maximum absolute atomic E-state index is 2.31. The second-order valence-electron chi connectivity index (χ2n) is 7.54. The van der Waals surface area contributed by atoms with Crippen molar-refractivity contribution in [3.63, 3.8) is 0 Å². The normalized spacial score (nSPS) is 11.8. The summed E-state index contributed by atoms with van der Waals surface area (Å²) in [5.74, 6) is 0. The van der Waals surface area contributed by atoms with Crippen LogP contribution in [0.3, 0.4) is 0 Å². The van der Waals surface area contributed by atoms with Crippen LogP contribution in [0.1, 0.15) is 22.3 Å². The molecular weight excluding hydrogens is 278 g/mol. The summed E-state index contributed by atoms with van der Waals surface area (Å²) in [5.41, 5.74) is 5.53. The Morgan fingerprint density at radius 3 is 1.87 bits per heavy atom. The minimum Gasteiger partial charge on any atom is -0.327 e. The topological polar surface area (TPSA) is 0 Å². The van der Waals surface area contributed by atoms with E-state index in [1.54, 1.807) is 0 Å². The van der Waals surface area contributed by atoms with Gasteiger partial charge in [0.15, 0.2) is 0 Å². The van der Waals surface area contributed by atoms with E-state index >= 15 is 0 Å². The van der Waals surface area contributed by atoms with Crippen molar-refractivity contribution in [3.8, 4) is 0 Å². The number of quaternary nitrogens is 1. The minimum absolute atomic E-state index is 0.946. The van der Waals surface area contributed by atoms with E-state index in [2.05, 4.69) is 88.7 Å². The molecule has 0 radical (unpaired) electrons. The Balaban J connectivity index is 2.02. The first kappa shape index (κ1) is 15.8. The Hall–Kier alpha value is -2.12. The Bertz CT molecular complexity index is 807. The van der Waals surface area contributed by atoms with Crippen molar-refractivity contribution in [2.24, 2.45) is 0 Å². The summed E-state index contributed by atoms with van der Waals surface area (Å²) in [5, 5.41) is 2.78. The molecule has 0 heterocycles. The molecule has 3 aromatic rings. The Morgan fingerprint density at radius 2 is 1.26 bits per heavy atom. The van der Waals surface area contributed by atoms with Crippen LogP contribution in [0, 0.1) is 6.92 Å². The highest BCUT2D eigenvalue weighted by Crippen LogP contribution is 2.26. The lowest BCUT2D eigenvalue weighted by Crippen LogP contribution is -2.33. The van der Waals surface area contributed by atoms with Gasteiger partial charge in [0.2, 0.25) is 0 Å². The molecule has 0 N–H and O–H groups in total. The van der Waals surface area contributed by atoms with Crippen molar-refractivity contribution in [3.05, 3.63) is 82.9 Å². The van der Waals surface area contributed by atoms with E-state index in [4.69, 9.17) is 0 Å². The molecular formula is C22H26N+. The average molecular weight is 304 g/mol. The van der Waals surface area contributed by atoms with Crippen LogP contribution >= 0.6 is 0 Å². The zero-order valence-electron chi connectivity index (χ0n) is 14.6. The molecule has 0 atom stereocenters. The third kappa shape index (κ3) is 3.80. The summed E-state index contributed by atoms with van der Waals surface area (Å²) in [6.45, 7) is 3.18. The number of nitrogens with zero attached hydrogens (tertiary/aromatic N) is 1. The first-order valence-electron chi connectivity index (χ1n) is 8.28. The molecule has 0 aliphatic carbocycles. The molecule has 0 saturated heterocycles. The third-order valence-corrected chi connectivity index (χ3v) is 4.26. The van der Waals surface area contributed by atoms with Crippen LogP contribution in [0.4, 0.5) is 0 Å². The van der Waals surface area contributed by atoms with Gasteiger partial charge in [0.1, 0.15) is 6.54 Å². The van der Waals surface area contributed by atoms with Crippen molar-refractivity contribution in [1.82, 2.24) is 0 Å². The quantitative estimate of drug-likeness (QED) is 0.599. The minimum atomic E-state index is 0.946. The molecule has 0 aromatic heterocycles. The molecule has 3 rings (SSSR count). The fourth-order valence-electron chi connectivity index (χ4n) is 3.15. The Kier molecular flexibility index (Phi) is 4.23. The van der Waals surface area contributed by atoms with E-state index in [1.807, 2.05) is 0 Å². The van der Waals surface area contributed by atoms with Crippen molar-refractivity contribution >= 4 is 10.8 Å². The maximum Gasteiger partial charge on any atom is 0.104 e. The number of fused-ring (bicyclic) bond motifs is 1. The molecule has 3 aromatic carbocycles. The van der Waals surface area contributed by atoms with Crippen LogP contribution in [0.2, 0.25) is 0 Å². The number of hydrogen-bond donors (Lipinski definition) is 0. The SMILES string of the molecule is Cc1ccc(Cc2ccc(C[N+](C)(C)C)c3ccccc23)cc1. The summed E-state index contributed by atoms with van der Waals surface area (Å²) < 4.78 is 0.946. The molecule has 1 heteroatoms. The van der Waals surface area contributed by atoms with Crippen LogP contribution in [-0.4, -0.2) is 25.6 Å². The molecule has 0 fully saturated rings. The van der Waals surface area contributed by atoms with Crippen molar-refractivity contribution in [2.75, 3.05) is 21.1 Å². The second-order valence-corrected chi connectivity index (χ2v) is 7.54. The van der Waals surface area contributed by atoms with E-state index < -0.39 is 0 Å². The van der Waals surface area contributed by atoms with Gasteiger partial charge in [-0.2, -0.15) is 0 Å². The summed E-state index contributed by atoms with van der Waals surface area (Å²) in [7, 11) is 6.74. The molecule has 118 valence electrons. The number of aryl methyl sites for hydroxylation is 1. The van der Waals surface area contributed by atoms with Gasteiger partial charge in [-0.05, 0) is 35.2 Å². The van der Waals surface area contributed by atoms with Crippen molar-refractivity contribution in [1.29, 1.82) is 0 Å². The summed E-state index contributed by atoms with van der Waals surface area (Å²) in [6.07, 6.45) is 0.992. The number of hydrogen-bond acceptors (Lipinski definition) is 0. The monoisotopic (exact) mass is 304 g/mol. The lowest BCUT2D eigenvalue weighted by atomic mass is 9.95. The van der Waals surface area contributed by atoms with E-state index in [1.165, 1.54) is 33.0 Å². The van der Waals surface area contributed by atoms with E-state index in [0.29, 0.717) is 0 Å². The van der Waals surface area contributed by atoms with Crippen molar-refractivity contribution in [2.45, 2.75) is 19.9 Å². The molecule has 0 amide bonds. The first-order chi connectivity index (χ1) is 10.9. The van der Waals surface area contributed by atoms with Gasteiger partial charge < -0.3 is 4.48 Å². The zero-order valence-corrected chi connectivity index (χ0v) is 14.6. The first-order valence-corrected chi connectivity index (χ1v) is 8.28. The molecule has 1 nitrogen and oxygen atoms in total. The molecule has 0 spiro atoms. The molecule has 0 bridgehead atoms. The van der Waals surface area contributed by atoms with Gasteiger partial charge in [-0.15, -0.1) is 0 Å². The highest BCUT2D eigenvalue weighted by molar-refractivity contribution is 5.88. The van der Waals surface area contributed by atoms with Crippen LogP contribution in [0.25, 0.3) is 10.8 Å². The van der Waals surface area contributed by atoms with E-state index in [9.17, 15) is 0 Å². The number of benzene rings is 3. The second kappa shape index (κ2) is 6.17. The van der Waals surface area contributed by atoms with Crippen LogP contribution in [0.5, 0.6) is 0 Å². The molecule has 0 unspecified atom stereocenters. The fraction of sp³-hybridized carbons (Fsp3) is 0.273. The van der Waals surface area contributed by atoms with Gasteiger partial charge in [-0.1, -0.05) is 66.2 Å². The molecule has 0 aliphatic rings. The molecule has 0 aliphatic heterocycles. The maximum atomic E-state index is 2.31. The van der Waals surface area contributed by atoms with Gasteiger partial charge in [0.25, 0.3) is 0 Å². The summed E-state index contributed by atoms with van der Waals surface area (Å²) in [4.78, 5) is 0. The van der Waals surface area contributed by atoms with Gasteiger partial charge >= 0.3 is 0 Å². The third-order valence-electron chi connectivity index (χ3n) is 4.26. The highest BCUT2D eigenvalue weighted by atomic mass is 15.3. The fourth-order valence-corrected chi connectivity index (χ4v) is 3.15. The van der Waals surface area contributed by atoms with Gasteiger partial charge in [-0.3, -0.25) is 0 Å². The smallest absolute Gasteiger partial charge is 0.104 e. The largest absolute Gasteiger partial charge is 0.327 e. The van der Waals surface area contributed by atoms with Gasteiger partial charge in [0, 0.05) is 5.56 Å². The van der Waals surface area contributed by atoms with E-state index in [-0.39, 0.29) is 0 Å². The predicted octanol–water partition coefficient (Wildman–Crippen LogP) is 4.95. The molecule has 0 saturated carbocycles. The highest BCUT2D eigenvalue weighted by Gasteiger charge is 2.13. The molecule has 23 heavy (non-hydrogen) atoms. The van der Waals surface area contributed by atoms with Crippen LogP contribution in [0.15, 0.2) is 60.7 Å². The Morgan fingerprint density at radius 1 is 0.696 bits per heavy atom. The summed E-state index contributed by atoms with van der Waals surface area (Å²) >= 11 is 0. The van der Waals surface area contributed by atoms with Gasteiger partial charge in [0.05, 0.1) is 21.1 Å². The Labute approximate surface area is 139 Å². The lowest BCUT2D eigenvalue weighted by molar-refractivity contribution is -0.883. The number of rotatable bonds is 4. The standard InChI is InChI=1S/C22H26N/c1-17-9-11-18(12-10-17)15-19-13-14-20(16-23(2,3)4)22-8-6-5-7-21(19)22/h5-14H,15-16H2,1-4H3/q+1.